The Hall–Kier alpha value is -0.940. The molecule has 0 aromatic carbocycles. The van der Waals surface area contributed by atoms with E-state index < -0.39 is 5.97 Å². The molecular weight excluding hydrogens is 224 g/mol. The summed E-state index contributed by atoms with van der Waals surface area (Å²) in [4.78, 5) is 17.5. The second-order valence-electron chi connectivity index (χ2n) is 4.42. The van der Waals surface area contributed by atoms with E-state index in [0.29, 0.717) is 6.54 Å². The molecule has 1 unspecified atom stereocenters. The van der Waals surface area contributed by atoms with E-state index in [-0.39, 0.29) is 17.9 Å². The molecule has 1 aromatic rings. The zero-order chi connectivity index (χ0) is 11.7. The molecule has 0 amide bonds. The van der Waals surface area contributed by atoms with E-state index in [1.165, 1.54) is 0 Å². The Morgan fingerprint density at radius 2 is 2.44 bits per heavy atom. The maximum absolute atomic E-state index is 11.0. The van der Waals surface area contributed by atoms with Gasteiger partial charge in [0, 0.05) is 24.7 Å². The molecule has 1 aliphatic heterocycles. The minimum Gasteiger partial charge on any atom is -0.481 e. The molecule has 3 atom stereocenters. The minimum absolute atomic E-state index is 0.222. The number of nitrogens with zero attached hydrogens (tertiary/aromatic N) is 2. The molecule has 0 aliphatic carbocycles. The van der Waals surface area contributed by atoms with E-state index in [0.717, 1.165) is 11.6 Å². The van der Waals surface area contributed by atoms with Crippen molar-refractivity contribution in [1.29, 1.82) is 0 Å². The summed E-state index contributed by atoms with van der Waals surface area (Å²) in [5.41, 5.74) is 0. The van der Waals surface area contributed by atoms with E-state index in [2.05, 4.69) is 16.8 Å². The highest BCUT2D eigenvalue weighted by Gasteiger charge is 2.37. The molecule has 1 fully saturated rings. The summed E-state index contributed by atoms with van der Waals surface area (Å²) in [5.74, 6) is -0.691. The number of hydrogen-bond donors (Lipinski definition) is 1. The zero-order valence-electron chi connectivity index (χ0n) is 9.46. The largest absolute Gasteiger partial charge is 0.481 e. The molecule has 1 saturated heterocycles. The van der Waals surface area contributed by atoms with Gasteiger partial charge in [0.25, 0.3) is 0 Å². The minimum atomic E-state index is -0.679. The lowest BCUT2D eigenvalue weighted by Gasteiger charge is -2.21. The Kier molecular flexibility index (Phi) is 3.25. The lowest BCUT2D eigenvalue weighted by Crippen LogP contribution is -2.26. The van der Waals surface area contributed by atoms with Crippen LogP contribution in [0.3, 0.4) is 0 Å². The van der Waals surface area contributed by atoms with Gasteiger partial charge in [-0.05, 0) is 12.8 Å². The smallest absolute Gasteiger partial charge is 0.308 e. The Morgan fingerprint density at radius 3 is 2.94 bits per heavy atom. The monoisotopic (exact) mass is 240 g/mol. The van der Waals surface area contributed by atoms with Crippen LogP contribution in [-0.2, 0) is 4.79 Å². The van der Waals surface area contributed by atoms with E-state index in [4.69, 9.17) is 5.11 Å². The van der Waals surface area contributed by atoms with Gasteiger partial charge in [0.05, 0.1) is 12.0 Å². The van der Waals surface area contributed by atoms with Crippen LogP contribution in [0.4, 0.5) is 0 Å². The number of thiazole rings is 1. The zero-order valence-corrected chi connectivity index (χ0v) is 10.3. The number of aliphatic carboxylic acids is 1. The van der Waals surface area contributed by atoms with Crippen molar-refractivity contribution in [2.75, 3.05) is 13.1 Å². The molecule has 0 bridgehead atoms. The molecule has 0 spiro atoms. The predicted octanol–water partition coefficient (Wildman–Crippen LogP) is 1.86. The van der Waals surface area contributed by atoms with E-state index in [1.807, 2.05) is 12.3 Å². The SMILES string of the molecule is CC(c1nccs1)N1C[C@@H](C)[C@H](C(=O)O)C1. The molecule has 16 heavy (non-hydrogen) atoms. The van der Waals surface area contributed by atoms with Gasteiger partial charge in [-0.2, -0.15) is 0 Å². The fraction of sp³-hybridized carbons (Fsp3) is 0.636. The highest BCUT2D eigenvalue weighted by Crippen LogP contribution is 2.31. The van der Waals surface area contributed by atoms with Crippen LogP contribution in [0.1, 0.15) is 24.9 Å². The highest BCUT2D eigenvalue weighted by molar-refractivity contribution is 7.09. The average molecular weight is 240 g/mol. The van der Waals surface area contributed by atoms with Crippen LogP contribution in [0.5, 0.6) is 0 Å². The molecule has 4 nitrogen and oxygen atoms in total. The second-order valence-corrected chi connectivity index (χ2v) is 5.35. The third-order valence-electron chi connectivity index (χ3n) is 3.31. The average Bonchev–Trinajstić information content (AvgIpc) is 2.84. The molecule has 1 aliphatic rings. The van der Waals surface area contributed by atoms with Crippen LogP contribution < -0.4 is 0 Å². The number of carboxylic acid groups (broad SMARTS) is 1. The van der Waals surface area contributed by atoms with Gasteiger partial charge in [-0.25, -0.2) is 4.98 Å². The first kappa shape index (κ1) is 11.5. The van der Waals surface area contributed by atoms with Gasteiger partial charge in [0.15, 0.2) is 0 Å². The van der Waals surface area contributed by atoms with Crippen molar-refractivity contribution in [1.82, 2.24) is 9.88 Å². The fourth-order valence-electron chi connectivity index (χ4n) is 2.24. The molecular formula is C11H16N2O2S. The van der Waals surface area contributed by atoms with Gasteiger partial charge >= 0.3 is 5.97 Å². The Balaban J connectivity index is 2.05. The highest BCUT2D eigenvalue weighted by atomic mass is 32.1. The van der Waals surface area contributed by atoms with Crippen molar-refractivity contribution in [3.63, 3.8) is 0 Å². The molecule has 2 rings (SSSR count). The van der Waals surface area contributed by atoms with Gasteiger partial charge < -0.3 is 5.11 Å². The number of carboxylic acids is 1. The van der Waals surface area contributed by atoms with Crippen molar-refractivity contribution >= 4 is 17.3 Å². The summed E-state index contributed by atoms with van der Waals surface area (Å²) in [5, 5.41) is 12.1. The van der Waals surface area contributed by atoms with Gasteiger partial charge in [0.1, 0.15) is 5.01 Å². The molecule has 88 valence electrons. The number of carbonyl (C=O) groups is 1. The molecule has 0 radical (unpaired) electrons. The van der Waals surface area contributed by atoms with Crippen molar-refractivity contribution in [3.8, 4) is 0 Å². The summed E-state index contributed by atoms with van der Waals surface area (Å²) in [7, 11) is 0. The number of rotatable bonds is 3. The number of hydrogen-bond acceptors (Lipinski definition) is 4. The Bertz CT molecular complexity index is 366. The number of aromatic nitrogens is 1. The maximum atomic E-state index is 11.0. The first-order valence-corrected chi connectivity index (χ1v) is 6.33. The lowest BCUT2D eigenvalue weighted by molar-refractivity contribution is -0.142. The fourth-order valence-corrected chi connectivity index (χ4v) is 2.97. The molecule has 5 heteroatoms. The summed E-state index contributed by atoms with van der Waals surface area (Å²) in [6, 6.07) is 0.229. The van der Waals surface area contributed by atoms with Gasteiger partial charge in [-0.1, -0.05) is 6.92 Å². The standard InChI is InChI=1S/C11H16N2O2S/c1-7-5-13(6-9(7)11(14)15)8(2)10-12-3-4-16-10/h3-4,7-9H,5-6H2,1-2H3,(H,14,15)/t7-,8?,9-/m1/s1. The second kappa shape index (κ2) is 4.51. The molecule has 2 heterocycles. The van der Waals surface area contributed by atoms with Crippen molar-refractivity contribution in [2.45, 2.75) is 19.9 Å². The maximum Gasteiger partial charge on any atom is 0.308 e. The molecule has 1 aromatic heterocycles. The van der Waals surface area contributed by atoms with Crippen LogP contribution in [-0.4, -0.2) is 34.0 Å². The lowest BCUT2D eigenvalue weighted by atomic mass is 9.99. The van der Waals surface area contributed by atoms with Gasteiger partial charge in [-0.15, -0.1) is 11.3 Å². The van der Waals surface area contributed by atoms with Crippen LogP contribution in [0.2, 0.25) is 0 Å². The predicted molar refractivity (Wildman–Crippen MR) is 62.4 cm³/mol. The topological polar surface area (TPSA) is 53.4 Å². The van der Waals surface area contributed by atoms with E-state index in [1.54, 1.807) is 17.5 Å². The third-order valence-corrected chi connectivity index (χ3v) is 4.26. The van der Waals surface area contributed by atoms with Crippen LogP contribution in [0.15, 0.2) is 11.6 Å². The van der Waals surface area contributed by atoms with Crippen LogP contribution >= 0.6 is 11.3 Å². The Labute approximate surface area is 98.9 Å². The molecule has 1 N–H and O–H groups in total. The first-order valence-electron chi connectivity index (χ1n) is 5.46. The van der Waals surface area contributed by atoms with Crippen molar-refractivity contribution in [3.05, 3.63) is 16.6 Å². The van der Waals surface area contributed by atoms with Gasteiger partial charge in [0.2, 0.25) is 0 Å². The van der Waals surface area contributed by atoms with Crippen molar-refractivity contribution in [2.24, 2.45) is 11.8 Å². The van der Waals surface area contributed by atoms with E-state index in [9.17, 15) is 4.79 Å². The summed E-state index contributed by atoms with van der Waals surface area (Å²) < 4.78 is 0. The summed E-state index contributed by atoms with van der Waals surface area (Å²) in [6.07, 6.45) is 1.80. The summed E-state index contributed by atoms with van der Waals surface area (Å²) in [6.45, 7) is 5.58. The van der Waals surface area contributed by atoms with Crippen LogP contribution in [0, 0.1) is 11.8 Å². The van der Waals surface area contributed by atoms with E-state index >= 15 is 0 Å². The third kappa shape index (κ3) is 2.10. The van der Waals surface area contributed by atoms with Gasteiger partial charge in [-0.3, -0.25) is 9.69 Å². The quantitative estimate of drug-likeness (QED) is 0.876. The number of likely N-dealkylation sites (tertiary alicyclic amines) is 1. The normalized spacial score (nSPS) is 28.1. The Morgan fingerprint density at radius 1 is 1.69 bits per heavy atom. The van der Waals surface area contributed by atoms with Crippen LogP contribution in [0.25, 0.3) is 0 Å². The first-order chi connectivity index (χ1) is 7.59. The van der Waals surface area contributed by atoms with Crippen molar-refractivity contribution < 1.29 is 9.90 Å². The molecule has 0 saturated carbocycles. The summed E-state index contributed by atoms with van der Waals surface area (Å²) >= 11 is 1.63.